The van der Waals surface area contributed by atoms with Crippen molar-refractivity contribution in [3.63, 3.8) is 0 Å². The fourth-order valence-corrected chi connectivity index (χ4v) is 1.71. The van der Waals surface area contributed by atoms with Gasteiger partial charge in [-0.3, -0.25) is 0 Å². The van der Waals surface area contributed by atoms with Gasteiger partial charge >= 0.3 is 6.01 Å². The van der Waals surface area contributed by atoms with Crippen molar-refractivity contribution in [2.75, 3.05) is 24.8 Å². The van der Waals surface area contributed by atoms with E-state index in [9.17, 15) is 0 Å². The van der Waals surface area contributed by atoms with Gasteiger partial charge in [0.2, 0.25) is 11.9 Å². The molecule has 20 heavy (non-hydrogen) atoms. The van der Waals surface area contributed by atoms with Crippen LogP contribution in [0.5, 0.6) is 11.8 Å². The lowest BCUT2D eigenvalue weighted by Gasteiger charge is -2.09. The first-order valence-corrected chi connectivity index (χ1v) is 6.18. The number of hydrogen-bond acceptors (Lipinski definition) is 7. The molecule has 1 aromatic carbocycles. The van der Waals surface area contributed by atoms with Crippen LogP contribution in [0.1, 0.15) is 12.5 Å². The number of anilines is 3. The van der Waals surface area contributed by atoms with Crippen LogP contribution in [0.3, 0.4) is 0 Å². The van der Waals surface area contributed by atoms with E-state index in [1.54, 1.807) is 7.11 Å². The first-order chi connectivity index (χ1) is 9.62. The molecule has 2 aromatic rings. The van der Waals surface area contributed by atoms with E-state index in [1.165, 1.54) is 0 Å². The minimum Gasteiger partial charge on any atom is -0.496 e. The predicted octanol–water partition coefficient (Wildman–Crippen LogP) is 1.91. The van der Waals surface area contributed by atoms with Gasteiger partial charge in [0.15, 0.2) is 0 Å². The Morgan fingerprint density at radius 2 is 2.05 bits per heavy atom. The fraction of sp³-hybridized carbons (Fsp3) is 0.308. The lowest BCUT2D eigenvalue weighted by molar-refractivity contribution is 0.312. The molecule has 0 bridgehead atoms. The molecule has 0 saturated heterocycles. The maximum absolute atomic E-state index is 5.62. The second-order valence-corrected chi connectivity index (χ2v) is 4.04. The van der Waals surface area contributed by atoms with Crippen LogP contribution in [0.4, 0.5) is 17.6 Å². The number of hydrogen-bond donors (Lipinski definition) is 2. The molecular weight excluding hydrogens is 258 g/mol. The molecule has 0 aliphatic carbocycles. The largest absolute Gasteiger partial charge is 0.496 e. The smallest absolute Gasteiger partial charge is 0.323 e. The first kappa shape index (κ1) is 13.9. The van der Waals surface area contributed by atoms with Crippen LogP contribution in [-0.2, 0) is 0 Å². The summed E-state index contributed by atoms with van der Waals surface area (Å²) in [6, 6.07) is 5.87. The van der Waals surface area contributed by atoms with Gasteiger partial charge in [-0.05, 0) is 37.6 Å². The Labute approximate surface area is 117 Å². The maximum Gasteiger partial charge on any atom is 0.323 e. The summed E-state index contributed by atoms with van der Waals surface area (Å²) in [5.41, 5.74) is 7.45. The normalized spacial score (nSPS) is 10.2. The second-order valence-electron chi connectivity index (χ2n) is 4.04. The Kier molecular flexibility index (Phi) is 4.19. The van der Waals surface area contributed by atoms with Crippen LogP contribution in [0, 0.1) is 6.92 Å². The van der Waals surface area contributed by atoms with Gasteiger partial charge in [0.1, 0.15) is 5.75 Å². The summed E-state index contributed by atoms with van der Waals surface area (Å²) in [5, 5.41) is 3.06. The Hall–Kier alpha value is -2.57. The standard InChI is InChI=1S/C13H17N5O2/c1-4-20-13-17-11(14)16-12(18-13)15-9-5-6-10(19-3)8(2)7-9/h5-7H,4H2,1-3H3,(H3,14,15,16,17,18). The van der Waals surface area contributed by atoms with E-state index in [0.717, 1.165) is 17.0 Å². The number of aryl methyl sites for hydroxylation is 1. The van der Waals surface area contributed by atoms with E-state index in [-0.39, 0.29) is 12.0 Å². The van der Waals surface area contributed by atoms with Crippen LogP contribution in [0.25, 0.3) is 0 Å². The highest BCUT2D eigenvalue weighted by Crippen LogP contribution is 2.23. The van der Waals surface area contributed by atoms with Crippen molar-refractivity contribution in [1.29, 1.82) is 0 Å². The van der Waals surface area contributed by atoms with E-state index >= 15 is 0 Å². The molecule has 0 spiro atoms. The molecule has 3 N–H and O–H groups in total. The van der Waals surface area contributed by atoms with Gasteiger partial charge in [0.05, 0.1) is 13.7 Å². The Morgan fingerprint density at radius 1 is 1.25 bits per heavy atom. The van der Waals surface area contributed by atoms with Crippen molar-refractivity contribution < 1.29 is 9.47 Å². The molecule has 0 aliphatic rings. The van der Waals surface area contributed by atoms with Crippen LogP contribution < -0.4 is 20.5 Å². The van der Waals surface area contributed by atoms with Gasteiger partial charge in [-0.15, -0.1) is 0 Å². The van der Waals surface area contributed by atoms with E-state index < -0.39 is 0 Å². The SMILES string of the molecule is CCOc1nc(N)nc(Nc2ccc(OC)c(C)c2)n1. The van der Waals surface area contributed by atoms with Crippen LogP contribution in [0.2, 0.25) is 0 Å². The average Bonchev–Trinajstić information content (AvgIpc) is 2.38. The number of nitrogens with zero attached hydrogens (tertiary/aromatic N) is 3. The van der Waals surface area contributed by atoms with Gasteiger partial charge in [-0.25, -0.2) is 0 Å². The molecule has 7 nitrogen and oxygen atoms in total. The molecule has 0 saturated carbocycles. The third-order valence-corrected chi connectivity index (χ3v) is 2.56. The Morgan fingerprint density at radius 3 is 2.70 bits per heavy atom. The van der Waals surface area contributed by atoms with Crippen molar-refractivity contribution in [2.45, 2.75) is 13.8 Å². The molecule has 0 aliphatic heterocycles. The van der Waals surface area contributed by atoms with Crippen LogP contribution >= 0.6 is 0 Å². The molecule has 1 aromatic heterocycles. The highest BCUT2D eigenvalue weighted by Gasteiger charge is 2.06. The highest BCUT2D eigenvalue weighted by atomic mass is 16.5. The quantitative estimate of drug-likeness (QED) is 0.860. The van der Waals surface area contributed by atoms with E-state index in [2.05, 4.69) is 20.3 Å². The number of ether oxygens (including phenoxy) is 2. The maximum atomic E-state index is 5.62. The third-order valence-electron chi connectivity index (χ3n) is 2.56. The zero-order chi connectivity index (χ0) is 14.5. The molecule has 0 amide bonds. The number of aromatic nitrogens is 3. The van der Waals surface area contributed by atoms with E-state index in [4.69, 9.17) is 15.2 Å². The van der Waals surface area contributed by atoms with Gasteiger partial charge in [0, 0.05) is 5.69 Å². The van der Waals surface area contributed by atoms with Crippen LogP contribution in [0.15, 0.2) is 18.2 Å². The molecule has 1 heterocycles. The monoisotopic (exact) mass is 275 g/mol. The van der Waals surface area contributed by atoms with Crippen molar-refractivity contribution in [2.24, 2.45) is 0 Å². The van der Waals surface area contributed by atoms with Crippen molar-refractivity contribution in [3.05, 3.63) is 23.8 Å². The number of benzene rings is 1. The molecule has 7 heteroatoms. The number of nitrogens with one attached hydrogen (secondary N) is 1. The topological polar surface area (TPSA) is 95.2 Å². The number of nitrogens with two attached hydrogens (primary N) is 1. The minimum absolute atomic E-state index is 0.108. The Balaban J connectivity index is 2.23. The summed E-state index contributed by atoms with van der Waals surface area (Å²) in [6.07, 6.45) is 0. The molecule has 0 fully saturated rings. The van der Waals surface area contributed by atoms with Gasteiger partial charge in [0.25, 0.3) is 0 Å². The van der Waals surface area contributed by atoms with Crippen LogP contribution in [-0.4, -0.2) is 28.7 Å². The highest BCUT2D eigenvalue weighted by molar-refractivity contribution is 5.57. The number of nitrogen functional groups attached to an aromatic ring is 1. The Bertz CT molecular complexity index is 603. The third kappa shape index (κ3) is 3.25. The number of methoxy groups -OCH3 is 1. The van der Waals surface area contributed by atoms with Crippen molar-refractivity contribution in [3.8, 4) is 11.8 Å². The average molecular weight is 275 g/mol. The summed E-state index contributed by atoms with van der Waals surface area (Å²) >= 11 is 0. The first-order valence-electron chi connectivity index (χ1n) is 6.18. The van der Waals surface area contributed by atoms with Gasteiger partial charge < -0.3 is 20.5 Å². The minimum atomic E-state index is 0.108. The van der Waals surface area contributed by atoms with Crippen molar-refractivity contribution in [1.82, 2.24) is 15.0 Å². The lowest BCUT2D eigenvalue weighted by Crippen LogP contribution is -2.06. The second kappa shape index (κ2) is 6.05. The molecule has 0 unspecified atom stereocenters. The molecule has 106 valence electrons. The van der Waals surface area contributed by atoms with Gasteiger partial charge in [-0.2, -0.15) is 15.0 Å². The zero-order valence-corrected chi connectivity index (χ0v) is 11.7. The molecule has 0 radical (unpaired) electrons. The summed E-state index contributed by atoms with van der Waals surface area (Å²) in [6.45, 7) is 4.27. The molecule has 2 rings (SSSR count). The van der Waals surface area contributed by atoms with Crippen molar-refractivity contribution >= 4 is 17.6 Å². The van der Waals surface area contributed by atoms with Gasteiger partial charge in [-0.1, -0.05) is 0 Å². The summed E-state index contributed by atoms with van der Waals surface area (Å²) in [5.74, 6) is 1.27. The van der Waals surface area contributed by atoms with E-state index in [1.807, 2.05) is 32.0 Å². The lowest BCUT2D eigenvalue weighted by atomic mass is 10.2. The summed E-state index contributed by atoms with van der Waals surface area (Å²) in [7, 11) is 1.64. The molecule has 0 atom stereocenters. The number of rotatable bonds is 5. The zero-order valence-electron chi connectivity index (χ0n) is 11.7. The summed E-state index contributed by atoms with van der Waals surface area (Å²) < 4.78 is 10.4. The molecular formula is C13H17N5O2. The fourth-order valence-electron chi connectivity index (χ4n) is 1.71. The van der Waals surface area contributed by atoms with E-state index in [0.29, 0.717) is 12.6 Å². The predicted molar refractivity (Wildman–Crippen MR) is 76.4 cm³/mol. The summed E-state index contributed by atoms with van der Waals surface area (Å²) in [4.78, 5) is 12.0.